The Hall–Kier alpha value is -0.283. The van der Waals surface area contributed by atoms with Crippen molar-refractivity contribution in [2.75, 3.05) is 0 Å². The van der Waals surface area contributed by atoms with Crippen molar-refractivity contribution in [3.63, 3.8) is 0 Å². The summed E-state index contributed by atoms with van der Waals surface area (Å²) in [6.45, 7) is 3.33. The van der Waals surface area contributed by atoms with Crippen molar-refractivity contribution in [2.45, 2.75) is 5.67 Å². The number of hydrogen-bond acceptors (Lipinski definition) is 2. The van der Waals surface area contributed by atoms with Crippen LogP contribution in [-0.4, -0.2) is 15.1 Å². The van der Waals surface area contributed by atoms with Gasteiger partial charge in [-0.05, 0) is 0 Å². The number of hydrogen-bond donors (Lipinski definition) is 1. The highest BCUT2D eigenvalue weighted by atomic mass is 28.2. The Balaban J connectivity index is 3.21. The molecule has 0 amide bonds. The summed E-state index contributed by atoms with van der Waals surface area (Å²) in [5, 5.41) is 0. The molecule has 34 valence electrons. The van der Waals surface area contributed by atoms with Gasteiger partial charge < -0.3 is 10.2 Å². The largest absolute Gasteiger partial charge is 0.390 e. The van der Waals surface area contributed by atoms with Gasteiger partial charge in [0.2, 0.25) is 0 Å². The quantitative estimate of drug-likeness (QED) is 0.367. The number of rotatable bonds is 2. The standard InChI is InChI=1S/C3H7NOSi/c1-2-3(4)6-5/h2-3,6H,1,4H2. The van der Waals surface area contributed by atoms with Crippen molar-refractivity contribution in [3.8, 4) is 0 Å². The van der Waals surface area contributed by atoms with E-state index < -0.39 is 9.41 Å². The van der Waals surface area contributed by atoms with Crippen LogP contribution in [0, 0.1) is 0 Å². The molecule has 0 aliphatic rings. The third-order valence-corrected chi connectivity index (χ3v) is 1.02. The Kier molecular flexibility index (Phi) is 2.79. The number of nitrogens with two attached hydrogens (primary N) is 1. The molecule has 0 rings (SSSR count). The van der Waals surface area contributed by atoms with Crippen molar-refractivity contribution in [3.05, 3.63) is 12.7 Å². The van der Waals surface area contributed by atoms with Gasteiger partial charge >= 0.3 is 0 Å². The van der Waals surface area contributed by atoms with Gasteiger partial charge in [0.05, 0.1) is 5.67 Å². The van der Waals surface area contributed by atoms with Crippen molar-refractivity contribution in [1.29, 1.82) is 0 Å². The third-order valence-electron chi connectivity index (χ3n) is 0.429. The van der Waals surface area contributed by atoms with E-state index in [-0.39, 0.29) is 5.67 Å². The van der Waals surface area contributed by atoms with Gasteiger partial charge in [-0.2, -0.15) is 0 Å². The SMILES string of the molecule is C=CC(N)[SiH]=O. The Morgan fingerprint density at radius 2 is 2.50 bits per heavy atom. The van der Waals surface area contributed by atoms with Gasteiger partial charge in [-0.1, -0.05) is 6.08 Å². The van der Waals surface area contributed by atoms with E-state index in [0.29, 0.717) is 0 Å². The molecule has 0 fully saturated rings. The topological polar surface area (TPSA) is 43.1 Å². The summed E-state index contributed by atoms with van der Waals surface area (Å²) >= 11 is 0. The van der Waals surface area contributed by atoms with Crippen molar-refractivity contribution < 1.29 is 4.46 Å². The van der Waals surface area contributed by atoms with Gasteiger partial charge in [0.25, 0.3) is 9.41 Å². The van der Waals surface area contributed by atoms with Gasteiger partial charge in [0, 0.05) is 0 Å². The average Bonchev–Trinajstić information content (AvgIpc) is 1.65. The smallest absolute Gasteiger partial charge is 0.282 e. The monoisotopic (exact) mass is 101 g/mol. The summed E-state index contributed by atoms with van der Waals surface area (Å²) in [5.41, 5.74) is 4.81. The van der Waals surface area contributed by atoms with E-state index in [0.717, 1.165) is 0 Å². The fourth-order valence-electron chi connectivity index (χ4n) is 0.0556. The molecule has 0 saturated carbocycles. The van der Waals surface area contributed by atoms with E-state index >= 15 is 0 Å². The van der Waals surface area contributed by atoms with E-state index in [1.807, 2.05) is 0 Å². The van der Waals surface area contributed by atoms with Gasteiger partial charge in [0.15, 0.2) is 0 Å². The average molecular weight is 101 g/mol. The molecule has 6 heavy (non-hydrogen) atoms. The van der Waals surface area contributed by atoms with Crippen LogP contribution >= 0.6 is 0 Å². The molecule has 3 heteroatoms. The highest BCUT2D eigenvalue weighted by Crippen LogP contribution is 1.63. The van der Waals surface area contributed by atoms with Crippen LogP contribution in [0.4, 0.5) is 0 Å². The summed E-state index contributed by atoms with van der Waals surface area (Å²) in [6.07, 6.45) is 1.47. The molecule has 0 aromatic carbocycles. The van der Waals surface area contributed by atoms with Crippen LogP contribution in [0.2, 0.25) is 0 Å². The zero-order chi connectivity index (χ0) is 4.99. The van der Waals surface area contributed by atoms with Gasteiger partial charge in [0.1, 0.15) is 0 Å². The third kappa shape index (κ3) is 1.99. The first-order valence-electron chi connectivity index (χ1n) is 1.64. The fourth-order valence-corrected chi connectivity index (χ4v) is 0.167. The molecular formula is C3H7NOSi. The van der Waals surface area contributed by atoms with Gasteiger partial charge in [-0.3, -0.25) is 0 Å². The predicted molar refractivity (Wildman–Crippen MR) is 26.0 cm³/mol. The maximum absolute atomic E-state index is 9.75. The Morgan fingerprint density at radius 3 is 2.50 bits per heavy atom. The van der Waals surface area contributed by atoms with Crippen molar-refractivity contribution in [2.24, 2.45) is 5.73 Å². The molecule has 0 heterocycles. The first kappa shape index (κ1) is 5.72. The van der Waals surface area contributed by atoms with E-state index in [1.165, 1.54) is 6.08 Å². The maximum atomic E-state index is 9.75. The summed E-state index contributed by atoms with van der Waals surface area (Å²) in [4.78, 5) is 0. The normalized spacial score (nSPS) is 12.8. The van der Waals surface area contributed by atoms with E-state index in [2.05, 4.69) is 6.58 Å². The Morgan fingerprint density at radius 1 is 2.00 bits per heavy atom. The minimum absolute atomic E-state index is 0.273. The molecule has 0 saturated heterocycles. The first-order chi connectivity index (χ1) is 2.81. The minimum Gasteiger partial charge on any atom is -0.390 e. The lowest BCUT2D eigenvalue weighted by molar-refractivity contribution is 0.572. The van der Waals surface area contributed by atoms with Crippen molar-refractivity contribution >= 4 is 9.41 Å². The molecule has 0 bridgehead atoms. The fraction of sp³-hybridized carbons (Fsp3) is 0.333. The van der Waals surface area contributed by atoms with Gasteiger partial charge in [-0.15, -0.1) is 6.58 Å². The highest BCUT2D eigenvalue weighted by molar-refractivity contribution is 6.20. The van der Waals surface area contributed by atoms with Gasteiger partial charge in [-0.25, -0.2) is 0 Å². The second-order valence-corrected chi connectivity index (χ2v) is 1.99. The van der Waals surface area contributed by atoms with E-state index in [9.17, 15) is 4.46 Å². The minimum atomic E-state index is -0.855. The van der Waals surface area contributed by atoms with Crippen LogP contribution in [0.15, 0.2) is 12.7 Å². The molecule has 1 unspecified atom stereocenters. The zero-order valence-electron chi connectivity index (χ0n) is 3.42. The summed E-state index contributed by atoms with van der Waals surface area (Å²) in [7, 11) is -0.855. The summed E-state index contributed by atoms with van der Waals surface area (Å²) in [6, 6.07) is 0. The lowest BCUT2D eigenvalue weighted by Gasteiger charge is -1.84. The molecule has 0 spiro atoms. The lowest BCUT2D eigenvalue weighted by Crippen LogP contribution is -2.18. The Bertz CT molecular complexity index is 55.8. The molecule has 0 aliphatic heterocycles. The predicted octanol–water partition coefficient (Wildman–Crippen LogP) is -0.761. The molecule has 0 aromatic heterocycles. The molecule has 0 aromatic rings. The van der Waals surface area contributed by atoms with E-state index in [4.69, 9.17) is 5.73 Å². The summed E-state index contributed by atoms with van der Waals surface area (Å²) in [5.74, 6) is 0. The maximum Gasteiger partial charge on any atom is 0.282 e. The highest BCUT2D eigenvalue weighted by Gasteiger charge is 1.86. The molecule has 0 radical (unpaired) electrons. The Labute approximate surface area is 38.9 Å². The molecule has 2 nitrogen and oxygen atoms in total. The molecule has 2 N–H and O–H groups in total. The first-order valence-corrected chi connectivity index (χ1v) is 2.78. The molecular weight excluding hydrogens is 94.1 g/mol. The summed E-state index contributed by atoms with van der Waals surface area (Å²) < 4.78 is 9.75. The van der Waals surface area contributed by atoms with Crippen LogP contribution in [-0.2, 0) is 4.46 Å². The molecule has 0 aliphatic carbocycles. The van der Waals surface area contributed by atoms with Crippen LogP contribution in [0.5, 0.6) is 0 Å². The second kappa shape index (κ2) is 2.93. The second-order valence-electron chi connectivity index (χ2n) is 0.949. The van der Waals surface area contributed by atoms with Crippen molar-refractivity contribution in [1.82, 2.24) is 0 Å². The lowest BCUT2D eigenvalue weighted by atomic mass is 10.7. The zero-order valence-corrected chi connectivity index (χ0v) is 4.58. The molecule has 1 atom stereocenters. The van der Waals surface area contributed by atoms with Crippen LogP contribution in [0.3, 0.4) is 0 Å². The van der Waals surface area contributed by atoms with E-state index in [1.54, 1.807) is 0 Å². The van der Waals surface area contributed by atoms with Crippen LogP contribution in [0.1, 0.15) is 0 Å². The van der Waals surface area contributed by atoms with Crippen LogP contribution < -0.4 is 5.73 Å². The van der Waals surface area contributed by atoms with Crippen LogP contribution in [0.25, 0.3) is 0 Å².